The zero-order chi connectivity index (χ0) is 18.5. The maximum Gasteiger partial charge on any atom is 0.340 e. The lowest BCUT2D eigenvalue weighted by Gasteiger charge is -2.31. The Hall–Kier alpha value is -2.39. The Morgan fingerprint density at radius 2 is 2.04 bits per heavy atom. The second kappa shape index (κ2) is 8.33. The molecule has 3 heterocycles. The number of esters is 1. The number of carbonyl (C=O) groups is 3. The summed E-state index contributed by atoms with van der Waals surface area (Å²) in [5.41, 5.74) is 0.342. The van der Waals surface area contributed by atoms with Crippen molar-refractivity contribution in [3.8, 4) is 0 Å². The Bertz CT molecular complexity index is 788. The van der Waals surface area contributed by atoms with Gasteiger partial charge in [-0.15, -0.1) is 22.7 Å². The van der Waals surface area contributed by atoms with Gasteiger partial charge in [0.05, 0.1) is 23.6 Å². The largest absolute Gasteiger partial charge is 0.465 e. The van der Waals surface area contributed by atoms with Crippen LogP contribution in [0.4, 0.5) is 14.8 Å². The van der Waals surface area contributed by atoms with Gasteiger partial charge in [0.1, 0.15) is 5.00 Å². The van der Waals surface area contributed by atoms with Gasteiger partial charge in [-0.3, -0.25) is 10.1 Å². The van der Waals surface area contributed by atoms with E-state index in [-0.39, 0.29) is 17.9 Å². The van der Waals surface area contributed by atoms with Crippen molar-refractivity contribution in [1.82, 2.24) is 4.90 Å². The van der Waals surface area contributed by atoms with Crippen LogP contribution in [-0.4, -0.2) is 43.0 Å². The van der Waals surface area contributed by atoms with Crippen molar-refractivity contribution in [2.24, 2.45) is 5.92 Å². The number of urea groups is 1. The third-order valence-electron chi connectivity index (χ3n) is 4.14. The molecule has 2 N–H and O–H groups in total. The van der Waals surface area contributed by atoms with Crippen LogP contribution >= 0.6 is 22.7 Å². The summed E-state index contributed by atoms with van der Waals surface area (Å²) in [4.78, 5) is 38.3. The van der Waals surface area contributed by atoms with Gasteiger partial charge in [-0.2, -0.15) is 0 Å². The van der Waals surface area contributed by atoms with E-state index >= 15 is 0 Å². The van der Waals surface area contributed by atoms with Crippen molar-refractivity contribution in [1.29, 1.82) is 0 Å². The van der Waals surface area contributed by atoms with Gasteiger partial charge in [-0.1, -0.05) is 0 Å². The van der Waals surface area contributed by atoms with E-state index in [9.17, 15) is 14.4 Å². The molecule has 138 valence electrons. The number of likely N-dealkylation sites (tertiary alicyclic amines) is 1. The highest BCUT2D eigenvalue weighted by Gasteiger charge is 2.29. The number of carbonyl (C=O) groups excluding carboxylic acids is 3. The Morgan fingerprint density at radius 1 is 1.19 bits per heavy atom. The highest BCUT2D eigenvalue weighted by atomic mass is 32.1. The summed E-state index contributed by atoms with van der Waals surface area (Å²) in [5.74, 6) is -0.987. The molecule has 26 heavy (non-hydrogen) atoms. The minimum absolute atomic E-state index is 0.189. The summed E-state index contributed by atoms with van der Waals surface area (Å²) in [7, 11) is 1.30. The monoisotopic (exact) mass is 393 g/mol. The molecule has 2 aromatic heterocycles. The number of nitrogens with zero attached hydrogens (tertiary/aromatic N) is 1. The predicted octanol–water partition coefficient (Wildman–Crippen LogP) is 3.48. The summed E-state index contributed by atoms with van der Waals surface area (Å²) < 4.78 is 4.72. The number of methoxy groups -OCH3 is 1. The van der Waals surface area contributed by atoms with Gasteiger partial charge < -0.3 is 15.0 Å². The highest BCUT2D eigenvalue weighted by molar-refractivity contribution is 7.15. The van der Waals surface area contributed by atoms with E-state index in [4.69, 9.17) is 4.74 Å². The molecular weight excluding hydrogens is 374 g/mol. The second-order valence-electron chi connectivity index (χ2n) is 5.84. The molecule has 1 aliphatic rings. The summed E-state index contributed by atoms with van der Waals surface area (Å²) in [6, 6.07) is 5.12. The number of nitrogens with one attached hydrogen (secondary N) is 2. The molecule has 1 fully saturated rings. The first-order valence-corrected chi connectivity index (χ1v) is 9.90. The van der Waals surface area contributed by atoms with Crippen molar-refractivity contribution in [3.05, 3.63) is 34.5 Å². The van der Waals surface area contributed by atoms with Crippen molar-refractivity contribution >= 4 is 50.6 Å². The molecule has 0 spiro atoms. The maximum atomic E-state index is 12.6. The lowest BCUT2D eigenvalue weighted by atomic mass is 9.97. The van der Waals surface area contributed by atoms with Crippen LogP contribution in [0.1, 0.15) is 23.2 Å². The number of ether oxygens (including phenoxy) is 1. The van der Waals surface area contributed by atoms with Crippen LogP contribution in [0.3, 0.4) is 0 Å². The maximum absolute atomic E-state index is 12.6. The SMILES string of the molecule is COC(=O)c1ccsc1NC(=O)C1CCCN(C(=O)Nc2cccs2)C1. The predicted molar refractivity (Wildman–Crippen MR) is 102 cm³/mol. The molecule has 1 saturated heterocycles. The lowest BCUT2D eigenvalue weighted by molar-refractivity contribution is -0.121. The first-order valence-electron chi connectivity index (χ1n) is 8.14. The standard InChI is InChI=1S/C17H19N3O4S2/c1-24-16(22)12-6-9-26-15(12)19-14(21)11-4-2-7-20(10-11)17(23)18-13-5-3-8-25-13/h3,5-6,8-9,11H,2,4,7,10H2,1H3,(H,18,23)(H,19,21). The van der Waals surface area contributed by atoms with Crippen LogP contribution < -0.4 is 10.6 Å². The zero-order valence-electron chi connectivity index (χ0n) is 14.2. The van der Waals surface area contributed by atoms with Crippen LogP contribution in [0, 0.1) is 5.92 Å². The molecule has 1 unspecified atom stereocenters. The van der Waals surface area contributed by atoms with Crippen LogP contribution in [0.2, 0.25) is 0 Å². The molecule has 3 amide bonds. The fraction of sp³-hybridized carbons (Fsp3) is 0.353. The average molecular weight is 393 g/mol. The summed E-state index contributed by atoms with van der Waals surface area (Å²) in [6.07, 6.45) is 1.46. The first kappa shape index (κ1) is 18.4. The summed E-state index contributed by atoms with van der Waals surface area (Å²) in [5, 5.41) is 10.5. The number of anilines is 2. The summed E-state index contributed by atoms with van der Waals surface area (Å²) >= 11 is 2.72. The van der Waals surface area contributed by atoms with Gasteiger partial charge >= 0.3 is 12.0 Å². The summed E-state index contributed by atoms with van der Waals surface area (Å²) in [6.45, 7) is 0.968. The van der Waals surface area contributed by atoms with E-state index < -0.39 is 5.97 Å². The minimum Gasteiger partial charge on any atom is -0.465 e. The van der Waals surface area contributed by atoms with Gasteiger partial charge in [0.2, 0.25) is 5.91 Å². The molecule has 2 aromatic rings. The third-order valence-corrected chi connectivity index (χ3v) is 5.75. The normalized spacial score (nSPS) is 16.8. The van der Waals surface area contributed by atoms with E-state index in [1.807, 2.05) is 17.5 Å². The van der Waals surface area contributed by atoms with Crippen molar-refractivity contribution in [2.75, 3.05) is 30.8 Å². The Kier molecular flexibility index (Phi) is 5.89. The van der Waals surface area contributed by atoms with Crippen LogP contribution in [0.25, 0.3) is 0 Å². The number of hydrogen-bond acceptors (Lipinski definition) is 6. The van der Waals surface area contributed by atoms with Crippen molar-refractivity contribution in [3.63, 3.8) is 0 Å². The quantitative estimate of drug-likeness (QED) is 0.779. The van der Waals surface area contributed by atoms with Crippen LogP contribution in [0.15, 0.2) is 29.0 Å². The van der Waals surface area contributed by atoms with Crippen molar-refractivity contribution < 1.29 is 19.1 Å². The molecule has 0 saturated carbocycles. The van der Waals surface area contributed by atoms with Gasteiger partial charge in [-0.25, -0.2) is 9.59 Å². The molecule has 1 aliphatic heterocycles. The fourth-order valence-corrected chi connectivity index (χ4v) is 4.19. The van der Waals surface area contributed by atoms with E-state index in [1.54, 1.807) is 16.3 Å². The molecular formula is C17H19N3O4S2. The molecule has 0 radical (unpaired) electrons. The Labute approximate surface area is 159 Å². The lowest BCUT2D eigenvalue weighted by Crippen LogP contribution is -2.45. The molecule has 0 aliphatic carbocycles. The smallest absolute Gasteiger partial charge is 0.340 e. The number of hydrogen-bond donors (Lipinski definition) is 2. The van der Waals surface area contributed by atoms with Crippen LogP contribution in [0.5, 0.6) is 0 Å². The van der Waals surface area contributed by atoms with Gasteiger partial charge in [0.15, 0.2) is 0 Å². The van der Waals surface area contributed by atoms with Gasteiger partial charge in [-0.05, 0) is 41.8 Å². The van der Waals surface area contributed by atoms with Gasteiger partial charge in [0, 0.05) is 13.1 Å². The third kappa shape index (κ3) is 4.23. The minimum atomic E-state index is -0.484. The number of rotatable bonds is 4. The number of amides is 3. The Balaban J connectivity index is 1.60. The molecule has 0 aromatic carbocycles. The van der Waals surface area contributed by atoms with E-state index in [1.165, 1.54) is 29.8 Å². The zero-order valence-corrected chi connectivity index (χ0v) is 15.8. The fourth-order valence-electron chi connectivity index (χ4n) is 2.80. The molecule has 3 rings (SSSR count). The van der Waals surface area contributed by atoms with Crippen LogP contribution in [-0.2, 0) is 9.53 Å². The molecule has 1 atom stereocenters. The second-order valence-corrected chi connectivity index (χ2v) is 7.70. The highest BCUT2D eigenvalue weighted by Crippen LogP contribution is 2.26. The van der Waals surface area contributed by atoms with E-state index in [2.05, 4.69) is 10.6 Å². The van der Waals surface area contributed by atoms with Gasteiger partial charge in [0.25, 0.3) is 0 Å². The van der Waals surface area contributed by atoms with Crippen molar-refractivity contribution in [2.45, 2.75) is 12.8 Å². The topological polar surface area (TPSA) is 87.7 Å². The van der Waals surface area contributed by atoms with E-state index in [0.29, 0.717) is 30.1 Å². The van der Waals surface area contributed by atoms with E-state index in [0.717, 1.165) is 11.4 Å². The Morgan fingerprint density at radius 3 is 2.77 bits per heavy atom. The first-order chi connectivity index (χ1) is 12.6. The number of thiophene rings is 2. The molecule has 7 nitrogen and oxygen atoms in total. The number of piperidine rings is 1. The molecule has 0 bridgehead atoms. The average Bonchev–Trinajstić information content (AvgIpc) is 3.33. The molecule has 9 heteroatoms.